The number of nitrogens with two attached hydrogens (primary N) is 1. The first kappa shape index (κ1) is 10.3. The molecule has 0 amide bonds. The Morgan fingerprint density at radius 3 is 2.86 bits per heavy atom. The van der Waals surface area contributed by atoms with Gasteiger partial charge in [-0.15, -0.1) is 0 Å². The van der Waals surface area contributed by atoms with Crippen LogP contribution in [0.2, 0.25) is 0 Å². The molecular formula is C10H12BrNOS. The fourth-order valence-corrected chi connectivity index (χ4v) is 4.47. The lowest BCUT2D eigenvalue weighted by Gasteiger charge is -2.10. The molecule has 0 aliphatic carbocycles. The van der Waals surface area contributed by atoms with E-state index in [2.05, 4.69) is 15.9 Å². The van der Waals surface area contributed by atoms with E-state index in [1.807, 2.05) is 25.1 Å². The molecule has 1 aromatic rings. The van der Waals surface area contributed by atoms with E-state index in [4.69, 9.17) is 5.73 Å². The average molecular weight is 274 g/mol. The highest BCUT2D eigenvalue weighted by molar-refractivity contribution is 9.10. The van der Waals surface area contributed by atoms with Crippen molar-refractivity contribution in [3.8, 4) is 0 Å². The van der Waals surface area contributed by atoms with Gasteiger partial charge in [0, 0.05) is 10.5 Å². The van der Waals surface area contributed by atoms with Gasteiger partial charge in [0.05, 0.1) is 20.9 Å². The van der Waals surface area contributed by atoms with Gasteiger partial charge in [-0.1, -0.05) is 19.1 Å². The monoisotopic (exact) mass is 273 g/mol. The first-order valence-electron chi connectivity index (χ1n) is 4.61. The minimum absolute atomic E-state index is 0.0729. The predicted molar refractivity (Wildman–Crippen MR) is 61.6 cm³/mol. The normalized spacial score (nSPS) is 30.4. The highest BCUT2D eigenvalue weighted by Crippen LogP contribution is 2.39. The Labute approximate surface area is 94.5 Å². The maximum atomic E-state index is 12.1. The maximum absolute atomic E-state index is 12.1. The van der Waals surface area contributed by atoms with Crippen LogP contribution in [-0.2, 0) is 10.8 Å². The molecule has 0 spiro atoms. The molecule has 3 atom stereocenters. The van der Waals surface area contributed by atoms with Crippen LogP contribution in [0.1, 0.15) is 24.9 Å². The Balaban J connectivity index is 2.58. The molecule has 14 heavy (non-hydrogen) atoms. The Kier molecular flexibility index (Phi) is 2.77. The van der Waals surface area contributed by atoms with Crippen LogP contribution >= 0.6 is 15.9 Å². The molecule has 4 heteroatoms. The Morgan fingerprint density at radius 1 is 1.57 bits per heavy atom. The Hall–Kier alpha value is -0.190. The summed E-state index contributed by atoms with van der Waals surface area (Å²) >= 11 is 3.42. The number of benzene rings is 1. The van der Waals surface area contributed by atoms with E-state index in [0.717, 1.165) is 21.4 Å². The molecule has 2 rings (SSSR count). The number of fused-ring (bicyclic) bond motifs is 1. The van der Waals surface area contributed by atoms with E-state index in [1.165, 1.54) is 0 Å². The molecule has 2 nitrogen and oxygen atoms in total. The maximum Gasteiger partial charge on any atom is 0.0594 e. The van der Waals surface area contributed by atoms with Gasteiger partial charge < -0.3 is 5.73 Å². The topological polar surface area (TPSA) is 43.1 Å². The van der Waals surface area contributed by atoms with E-state index in [0.29, 0.717) is 0 Å². The molecule has 0 aromatic heterocycles. The van der Waals surface area contributed by atoms with Crippen LogP contribution in [0.15, 0.2) is 27.6 Å². The van der Waals surface area contributed by atoms with Crippen molar-refractivity contribution in [3.63, 3.8) is 0 Å². The van der Waals surface area contributed by atoms with Crippen molar-refractivity contribution >= 4 is 26.7 Å². The van der Waals surface area contributed by atoms with Crippen LogP contribution in [0, 0.1) is 0 Å². The molecule has 3 unspecified atom stereocenters. The SMILES string of the molecule is CCC1C(N)c2cccc(Br)c2S1=O. The second-order valence-electron chi connectivity index (χ2n) is 3.43. The first-order chi connectivity index (χ1) is 6.66. The summed E-state index contributed by atoms with van der Waals surface area (Å²) in [5, 5.41) is 0.0729. The zero-order valence-corrected chi connectivity index (χ0v) is 10.3. The molecule has 76 valence electrons. The zero-order valence-electron chi connectivity index (χ0n) is 7.87. The van der Waals surface area contributed by atoms with Gasteiger partial charge in [0.1, 0.15) is 0 Å². The summed E-state index contributed by atoms with van der Waals surface area (Å²) in [6.07, 6.45) is 0.856. The van der Waals surface area contributed by atoms with Crippen molar-refractivity contribution in [1.82, 2.24) is 0 Å². The first-order valence-corrected chi connectivity index (χ1v) is 6.62. The van der Waals surface area contributed by atoms with E-state index in [-0.39, 0.29) is 11.3 Å². The van der Waals surface area contributed by atoms with Crippen LogP contribution in [0.3, 0.4) is 0 Å². The summed E-state index contributed by atoms with van der Waals surface area (Å²) < 4.78 is 13.0. The van der Waals surface area contributed by atoms with Crippen LogP contribution in [-0.4, -0.2) is 9.46 Å². The van der Waals surface area contributed by atoms with E-state index in [1.54, 1.807) is 0 Å². The quantitative estimate of drug-likeness (QED) is 0.854. The van der Waals surface area contributed by atoms with E-state index < -0.39 is 10.8 Å². The fourth-order valence-electron chi connectivity index (χ4n) is 1.89. The average Bonchev–Trinajstić information content (AvgIpc) is 2.41. The van der Waals surface area contributed by atoms with Gasteiger partial charge in [0.25, 0.3) is 0 Å². The van der Waals surface area contributed by atoms with Crippen molar-refractivity contribution in [2.45, 2.75) is 29.5 Å². The van der Waals surface area contributed by atoms with Crippen LogP contribution in [0.25, 0.3) is 0 Å². The third kappa shape index (κ3) is 1.36. The summed E-state index contributed by atoms with van der Waals surface area (Å²) in [5.74, 6) is 0. The summed E-state index contributed by atoms with van der Waals surface area (Å²) in [6.45, 7) is 2.03. The molecule has 0 saturated carbocycles. The predicted octanol–water partition coefficient (Wildman–Crippen LogP) is 2.35. The van der Waals surface area contributed by atoms with Crippen LogP contribution < -0.4 is 5.73 Å². The molecule has 0 radical (unpaired) electrons. The third-order valence-electron chi connectivity index (χ3n) is 2.64. The molecule has 0 bridgehead atoms. The minimum Gasteiger partial charge on any atom is -0.323 e. The summed E-state index contributed by atoms with van der Waals surface area (Å²) in [7, 11) is -0.949. The molecule has 1 aliphatic rings. The smallest absolute Gasteiger partial charge is 0.0594 e. The lowest BCUT2D eigenvalue weighted by Crippen LogP contribution is -2.22. The highest BCUT2D eigenvalue weighted by atomic mass is 79.9. The largest absolute Gasteiger partial charge is 0.323 e. The number of hydrogen-bond acceptors (Lipinski definition) is 2. The van der Waals surface area contributed by atoms with Crippen LogP contribution in [0.4, 0.5) is 0 Å². The lowest BCUT2D eigenvalue weighted by molar-refractivity contribution is 0.632. The van der Waals surface area contributed by atoms with Crippen LogP contribution in [0.5, 0.6) is 0 Å². The van der Waals surface area contributed by atoms with Gasteiger partial charge in [-0.3, -0.25) is 4.21 Å². The molecule has 0 saturated heterocycles. The lowest BCUT2D eigenvalue weighted by atomic mass is 10.0. The van der Waals surface area contributed by atoms with Gasteiger partial charge in [0.2, 0.25) is 0 Å². The van der Waals surface area contributed by atoms with Crippen molar-refractivity contribution in [3.05, 3.63) is 28.2 Å². The fraction of sp³-hybridized carbons (Fsp3) is 0.400. The number of halogens is 1. The standard InChI is InChI=1S/C10H12BrNOS/c1-2-8-9(12)6-4-3-5-7(11)10(6)14(8)13/h3-5,8-9H,2,12H2,1H3. The third-order valence-corrected chi connectivity index (χ3v) is 5.59. The van der Waals surface area contributed by atoms with Crippen molar-refractivity contribution in [2.75, 3.05) is 0 Å². The number of hydrogen-bond donors (Lipinski definition) is 1. The Bertz CT molecular complexity index is 394. The van der Waals surface area contributed by atoms with Gasteiger partial charge in [-0.25, -0.2) is 0 Å². The van der Waals surface area contributed by atoms with Gasteiger partial charge >= 0.3 is 0 Å². The van der Waals surface area contributed by atoms with Gasteiger partial charge in [0.15, 0.2) is 0 Å². The summed E-state index contributed by atoms with van der Waals surface area (Å²) in [4.78, 5) is 0.895. The van der Waals surface area contributed by atoms with E-state index in [9.17, 15) is 4.21 Å². The zero-order chi connectivity index (χ0) is 10.3. The highest BCUT2D eigenvalue weighted by Gasteiger charge is 2.36. The molecule has 1 aliphatic heterocycles. The van der Waals surface area contributed by atoms with Crippen molar-refractivity contribution < 1.29 is 4.21 Å². The molecule has 1 aromatic carbocycles. The second-order valence-corrected chi connectivity index (χ2v) is 5.89. The Morgan fingerprint density at radius 2 is 2.29 bits per heavy atom. The van der Waals surface area contributed by atoms with Gasteiger partial charge in [-0.2, -0.15) is 0 Å². The molecule has 0 fully saturated rings. The summed E-state index contributed by atoms with van der Waals surface area (Å²) in [6, 6.07) is 5.76. The van der Waals surface area contributed by atoms with E-state index >= 15 is 0 Å². The number of rotatable bonds is 1. The molecular weight excluding hydrogens is 262 g/mol. The summed E-state index contributed by atoms with van der Waals surface area (Å²) in [5.41, 5.74) is 7.08. The van der Waals surface area contributed by atoms with Crippen molar-refractivity contribution in [1.29, 1.82) is 0 Å². The minimum atomic E-state index is -0.949. The molecule has 2 N–H and O–H groups in total. The van der Waals surface area contributed by atoms with Gasteiger partial charge in [-0.05, 0) is 34.0 Å². The van der Waals surface area contributed by atoms with Crippen molar-refractivity contribution in [2.24, 2.45) is 5.73 Å². The molecule has 1 heterocycles. The second kappa shape index (κ2) is 3.76.